The molecule has 3 rings (SSSR count). The molecule has 2 aromatic rings. The third-order valence-electron chi connectivity index (χ3n) is 3.74. The second kappa shape index (κ2) is 6.60. The van der Waals surface area contributed by atoms with Crippen LogP contribution >= 0.6 is 0 Å². The molecule has 22 heavy (non-hydrogen) atoms. The first kappa shape index (κ1) is 14.6. The number of hydrogen-bond donors (Lipinski definition) is 0. The van der Waals surface area contributed by atoms with E-state index >= 15 is 0 Å². The summed E-state index contributed by atoms with van der Waals surface area (Å²) in [5, 5.41) is 0. The van der Waals surface area contributed by atoms with Gasteiger partial charge in [-0.25, -0.2) is 9.97 Å². The summed E-state index contributed by atoms with van der Waals surface area (Å²) in [4.78, 5) is 17.0. The Morgan fingerprint density at radius 1 is 1.32 bits per heavy atom. The van der Waals surface area contributed by atoms with Gasteiger partial charge in [0.05, 0.1) is 12.7 Å². The zero-order chi connectivity index (χ0) is 15.4. The average molecular weight is 299 g/mol. The molecule has 6 heteroatoms. The molecule has 0 radical (unpaired) electrons. The first-order chi connectivity index (χ1) is 10.7. The van der Waals surface area contributed by atoms with Crippen LogP contribution < -0.4 is 14.5 Å². The molecule has 1 unspecified atom stereocenters. The van der Waals surface area contributed by atoms with Crippen molar-refractivity contribution in [2.24, 2.45) is 0 Å². The molecule has 6 nitrogen and oxygen atoms in total. The Morgan fingerprint density at radius 3 is 3.00 bits per heavy atom. The van der Waals surface area contributed by atoms with Gasteiger partial charge in [-0.2, -0.15) is 0 Å². The van der Waals surface area contributed by atoms with Gasteiger partial charge in [-0.15, -0.1) is 0 Å². The van der Waals surface area contributed by atoms with Crippen molar-refractivity contribution in [2.75, 3.05) is 37.0 Å². The Kier molecular flexibility index (Phi) is 4.37. The van der Waals surface area contributed by atoms with E-state index in [0.717, 1.165) is 43.3 Å². The lowest BCUT2D eigenvalue weighted by Gasteiger charge is -2.33. The summed E-state index contributed by atoms with van der Waals surface area (Å²) in [7, 11) is 3.97. The van der Waals surface area contributed by atoms with Gasteiger partial charge in [0.15, 0.2) is 0 Å². The minimum atomic E-state index is 0.163. The molecular formula is C16H21N5O. The van der Waals surface area contributed by atoms with Crippen molar-refractivity contribution in [2.45, 2.75) is 18.9 Å². The summed E-state index contributed by atoms with van der Waals surface area (Å²) in [6.45, 7) is 1.83. The molecule has 0 aliphatic carbocycles. The summed E-state index contributed by atoms with van der Waals surface area (Å²) in [6, 6.07) is 5.86. The Bertz CT molecular complexity index is 604. The monoisotopic (exact) mass is 299 g/mol. The Hall–Kier alpha value is -2.37. The van der Waals surface area contributed by atoms with Gasteiger partial charge in [0.1, 0.15) is 29.8 Å². The van der Waals surface area contributed by atoms with E-state index in [9.17, 15) is 0 Å². The smallest absolute Gasteiger partial charge is 0.138 e. The summed E-state index contributed by atoms with van der Waals surface area (Å²) >= 11 is 0. The lowest BCUT2D eigenvalue weighted by Crippen LogP contribution is -2.41. The van der Waals surface area contributed by atoms with Crippen LogP contribution in [-0.2, 0) is 0 Å². The zero-order valence-corrected chi connectivity index (χ0v) is 13.0. The van der Waals surface area contributed by atoms with Gasteiger partial charge in [0.2, 0.25) is 0 Å². The highest BCUT2D eigenvalue weighted by Crippen LogP contribution is 2.23. The van der Waals surface area contributed by atoms with Crippen LogP contribution in [0.2, 0.25) is 0 Å². The number of nitrogens with zero attached hydrogens (tertiary/aromatic N) is 5. The molecule has 0 spiro atoms. The number of ether oxygens (including phenoxy) is 1. The molecule has 0 saturated carbocycles. The fraction of sp³-hybridized carbons (Fsp3) is 0.438. The number of piperidine rings is 1. The molecule has 116 valence electrons. The van der Waals surface area contributed by atoms with Crippen LogP contribution in [0.4, 0.5) is 11.6 Å². The third-order valence-corrected chi connectivity index (χ3v) is 3.74. The number of hydrogen-bond acceptors (Lipinski definition) is 6. The van der Waals surface area contributed by atoms with Crippen LogP contribution in [0.15, 0.2) is 36.9 Å². The van der Waals surface area contributed by atoms with Crippen molar-refractivity contribution in [1.82, 2.24) is 15.0 Å². The normalized spacial score (nSPS) is 18.1. The van der Waals surface area contributed by atoms with Gasteiger partial charge in [0.25, 0.3) is 0 Å². The Balaban J connectivity index is 1.69. The molecule has 0 N–H and O–H groups in total. The first-order valence-electron chi connectivity index (χ1n) is 7.53. The van der Waals surface area contributed by atoms with Gasteiger partial charge in [-0.05, 0) is 25.0 Å². The van der Waals surface area contributed by atoms with E-state index in [1.165, 1.54) is 0 Å². The van der Waals surface area contributed by atoms with Crippen LogP contribution in [0.5, 0.6) is 5.75 Å². The van der Waals surface area contributed by atoms with Crippen molar-refractivity contribution in [3.63, 3.8) is 0 Å². The number of rotatable bonds is 4. The number of aromatic nitrogens is 3. The lowest BCUT2D eigenvalue weighted by atomic mass is 10.1. The molecule has 1 fully saturated rings. The minimum Gasteiger partial charge on any atom is -0.487 e. The standard InChI is InChI=1S/C16H21N5O/c1-20(2)15-9-16(19-12-18-15)21-8-4-6-14(11-21)22-13-5-3-7-17-10-13/h3,5,7,9-10,12,14H,4,6,8,11H2,1-2H3. The van der Waals surface area contributed by atoms with E-state index in [1.807, 2.05) is 37.2 Å². The predicted molar refractivity (Wildman–Crippen MR) is 86.5 cm³/mol. The molecular weight excluding hydrogens is 278 g/mol. The summed E-state index contributed by atoms with van der Waals surface area (Å²) in [5.74, 6) is 2.70. The second-order valence-corrected chi connectivity index (χ2v) is 5.65. The van der Waals surface area contributed by atoms with Gasteiger partial charge in [0, 0.05) is 32.9 Å². The van der Waals surface area contributed by atoms with E-state index < -0.39 is 0 Å². The van der Waals surface area contributed by atoms with E-state index in [2.05, 4.69) is 19.9 Å². The van der Waals surface area contributed by atoms with Gasteiger partial charge < -0.3 is 14.5 Å². The van der Waals surface area contributed by atoms with Crippen molar-refractivity contribution >= 4 is 11.6 Å². The topological polar surface area (TPSA) is 54.4 Å². The fourth-order valence-electron chi connectivity index (χ4n) is 2.61. The highest BCUT2D eigenvalue weighted by molar-refractivity contribution is 5.49. The van der Waals surface area contributed by atoms with E-state index in [1.54, 1.807) is 18.7 Å². The van der Waals surface area contributed by atoms with Crippen LogP contribution in [0.1, 0.15) is 12.8 Å². The van der Waals surface area contributed by atoms with Gasteiger partial charge >= 0.3 is 0 Å². The second-order valence-electron chi connectivity index (χ2n) is 5.65. The maximum absolute atomic E-state index is 6.03. The van der Waals surface area contributed by atoms with Crippen LogP contribution in [0, 0.1) is 0 Å². The molecule has 1 aliphatic rings. The third kappa shape index (κ3) is 3.44. The molecule has 0 bridgehead atoms. The van der Waals surface area contributed by atoms with Crippen LogP contribution in [0.25, 0.3) is 0 Å². The molecule has 1 saturated heterocycles. The molecule has 2 aromatic heterocycles. The Labute approximate surface area is 130 Å². The quantitative estimate of drug-likeness (QED) is 0.860. The van der Waals surface area contributed by atoms with Crippen molar-refractivity contribution in [1.29, 1.82) is 0 Å². The SMILES string of the molecule is CN(C)c1cc(N2CCCC(Oc3cccnc3)C2)ncn1. The maximum Gasteiger partial charge on any atom is 0.138 e. The summed E-state index contributed by atoms with van der Waals surface area (Å²) < 4.78 is 6.03. The average Bonchev–Trinajstić information content (AvgIpc) is 2.56. The molecule has 1 aliphatic heterocycles. The van der Waals surface area contributed by atoms with E-state index in [4.69, 9.17) is 4.74 Å². The summed E-state index contributed by atoms with van der Waals surface area (Å²) in [5.41, 5.74) is 0. The molecule has 0 aromatic carbocycles. The Morgan fingerprint density at radius 2 is 2.23 bits per heavy atom. The fourth-order valence-corrected chi connectivity index (χ4v) is 2.61. The molecule has 1 atom stereocenters. The maximum atomic E-state index is 6.03. The van der Waals surface area contributed by atoms with Crippen LogP contribution in [0.3, 0.4) is 0 Å². The van der Waals surface area contributed by atoms with Gasteiger partial charge in [-0.3, -0.25) is 4.98 Å². The van der Waals surface area contributed by atoms with Crippen molar-refractivity contribution in [3.8, 4) is 5.75 Å². The molecule has 0 amide bonds. The van der Waals surface area contributed by atoms with Crippen molar-refractivity contribution in [3.05, 3.63) is 36.9 Å². The summed E-state index contributed by atoms with van der Waals surface area (Å²) in [6.07, 6.45) is 7.44. The lowest BCUT2D eigenvalue weighted by molar-refractivity contribution is 0.178. The minimum absolute atomic E-state index is 0.163. The van der Waals surface area contributed by atoms with Crippen LogP contribution in [-0.4, -0.2) is 48.2 Å². The zero-order valence-electron chi connectivity index (χ0n) is 13.0. The highest BCUT2D eigenvalue weighted by Gasteiger charge is 2.22. The van der Waals surface area contributed by atoms with Crippen molar-refractivity contribution < 1.29 is 4.74 Å². The predicted octanol–water partition coefficient (Wildman–Crippen LogP) is 1.99. The van der Waals surface area contributed by atoms with E-state index in [-0.39, 0.29) is 6.10 Å². The largest absolute Gasteiger partial charge is 0.487 e. The highest BCUT2D eigenvalue weighted by atomic mass is 16.5. The first-order valence-corrected chi connectivity index (χ1v) is 7.53. The van der Waals surface area contributed by atoms with Gasteiger partial charge in [-0.1, -0.05) is 0 Å². The number of pyridine rings is 1. The number of anilines is 2. The molecule has 3 heterocycles. The van der Waals surface area contributed by atoms with E-state index in [0.29, 0.717) is 0 Å².